The van der Waals surface area contributed by atoms with Crippen molar-refractivity contribution >= 4 is 11.8 Å². The Balaban J connectivity index is 1.45. The molecule has 132 valence electrons. The first kappa shape index (κ1) is 16.2. The van der Waals surface area contributed by atoms with Crippen LogP contribution in [0.3, 0.4) is 0 Å². The second-order valence-corrected chi connectivity index (χ2v) is 6.94. The number of aryl methyl sites for hydroxylation is 2. The van der Waals surface area contributed by atoms with Gasteiger partial charge in [-0.05, 0) is 38.0 Å². The highest BCUT2D eigenvalue weighted by atomic mass is 16.5. The third-order valence-electron chi connectivity index (χ3n) is 5.00. The lowest BCUT2D eigenvalue weighted by Gasteiger charge is -2.38. The number of ether oxygens (including phenoxy) is 1. The van der Waals surface area contributed by atoms with E-state index >= 15 is 0 Å². The van der Waals surface area contributed by atoms with E-state index in [1.165, 1.54) is 0 Å². The minimum Gasteiger partial charge on any atom is -0.374 e. The average molecular weight is 340 g/mol. The highest BCUT2D eigenvalue weighted by Gasteiger charge is 2.34. The number of piperidine rings is 1. The number of fused-ring (bicyclic) bond motifs is 1. The molecule has 2 aliphatic heterocycles. The molecule has 7 heteroatoms. The number of nitrogens with zero attached hydrogens (tertiary/aromatic N) is 6. The van der Waals surface area contributed by atoms with Crippen molar-refractivity contribution in [2.45, 2.75) is 26.4 Å². The molecule has 0 N–H and O–H groups in total. The minimum absolute atomic E-state index is 0.210. The highest BCUT2D eigenvalue weighted by molar-refractivity contribution is 5.38. The van der Waals surface area contributed by atoms with Crippen LogP contribution >= 0.6 is 0 Å². The monoisotopic (exact) mass is 340 g/mol. The van der Waals surface area contributed by atoms with E-state index in [1.807, 2.05) is 32.3 Å². The van der Waals surface area contributed by atoms with Crippen molar-refractivity contribution in [3.8, 4) is 0 Å². The fraction of sp³-hybridized carbons (Fsp3) is 0.556. The Morgan fingerprint density at radius 3 is 2.60 bits per heavy atom. The Morgan fingerprint density at radius 1 is 1.00 bits per heavy atom. The van der Waals surface area contributed by atoms with Gasteiger partial charge in [-0.2, -0.15) is 5.10 Å². The number of aromatic nitrogens is 4. The predicted octanol–water partition coefficient (Wildman–Crippen LogP) is 1.62. The van der Waals surface area contributed by atoms with Crippen molar-refractivity contribution < 1.29 is 4.74 Å². The first-order chi connectivity index (χ1) is 12.2. The van der Waals surface area contributed by atoms with Gasteiger partial charge in [0.15, 0.2) is 5.82 Å². The Labute approximate surface area is 148 Å². The Bertz CT molecular complexity index is 705. The molecule has 0 bridgehead atoms. The molecule has 0 saturated carbocycles. The van der Waals surface area contributed by atoms with Crippen molar-refractivity contribution in [1.29, 1.82) is 0 Å². The maximum atomic E-state index is 6.17. The van der Waals surface area contributed by atoms with Crippen LogP contribution in [0, 0.1) is 19.8 Å². The summed E-state index contributed by atoms with van der Waals surface area (Å²) >= 11 is 0. The van der Waals surface area contributed by atoms with Gasteiger partial charge in [0.1, 0.15) is 0 Å². The zero-order valence-corrected chi connectivity index (χ0v) is 14.8. The third-order valence-corrected chi connectivity index (χ3v) is 5.00. The lowest BCUT2D eigenvalue weighted by atomic mass is 9.93. The van der Waals surface area contributed by atoms with E-state index < -0.39 is 0 Å². The molecule has 2 atom stereocenters. The molecule has 2 aromatic heterocycles. The van der Waals surface area contributed by atoms with Crippen molar-refractivity contribution in [1.82, 2.24) is 20.2 Å². The van der Waals surface area contributed by atoms with Gasteiger partial charge in [-0.15, -0.1) is 5.10 Å². The molecule has 4 heterocycles. The molecule has 2 fully saturated rings. The smallest absolute Gasteiger partial charge is 0.225 e. The van der Waals surface area contributed by atoms with Crippen LogP contribution < -0.4 is 9.80 Å². The van der Waals surface area contributed by atoms with E-state index in [4.69, 9.17) is 4.74 Å². The summed E-state index contributed by atoms with van der Waals surface area (Å²) in [5, 5.41) is 8.53. The predicted molar refractivity (Wildman–Crippen MR) is 95.8 cm³/mol. The fourth-order valence-electron chi connectivity index (χ4n) is 3.55. The Morgan fingerprint density at radius 2 is 1.84 bits per heavy atom. The van der Waals surface area contributed by atoms with Gasteiger partial charge in [0.25, 0.3) is 0 Å². The maximum absolute atomic E-state index is 6.17. The summed E-state index contributed by atoms with van der Waals surface area (Å²) < 4.78 is 6.17. The zero-order chi connectivity index (χ0) is 17.2. The molecular weight excluding hydrogens is 316 g/mol. The molecular formula is C18H24N6O. The van der Waals surface area contributed by atoms with Crippen LogP contribution in [0.1, 0.15) is 17.7 Å². The molecule has 0 amide bonds. The van der Waals surface area contributed by atoms with E-state index in [0.717, 1.165) is 55.6 Å². The number of hydrogen-bond donors (Lipinski definition) is 0. The van der Waals surface area contributed by atoms with Gasteiger partial charge in [0, 0.05) is 44.5 Å². The number of hydrogen-bond acceptors (Lipinski definition) is 7. The topological polar surface area (TPSA) is 67.3 Å². The minimum atomic E-state index is 0.210. The first-order valence-corrected chi connectivity index (χ1v) is 8.89. The summed E-state index contributed by atoms with van der Waals surface area (Å²) in [6.45, 7) is 8.30. The number of rotatable bonds is 2. The van der Waals surface area contributed by atoms with E-state index in [2.05, 4.69) is 36.0 Å². The summed E-state index contributed by atoms with van der Waals surface area (Å²) in [4.78, 5) is 13.5. The van der Waals surface area contributed by atoms with Crippen molar-refractivity contribution in [2.24, 2.45) is 5.92 Å². The van der Waals surface area contributed by atoms with Crippen LogP contribution in [0.15, 0.2) is 24.5 Å². The molecule has 0 spiro atoms. The standard InChI is InChI=1S/C18H24N6O/c1-13-9-19-18(20-10-13)24-6-5-15-11-23(7-8-25-16(15)12-24)17-4-3-14(2)21-22-17/h3-4,9-10,15-16H,5-8,11-12H2,1-2H3/t15-,16+/m1/s1. The van der Waals surface area contributed by atoms with E-state index in [-0.39, 0.29) is 6.10 Å². The fourth-order valence-corrected chi connectivity index (χ4v) is 3.55. The van der Waals surface area contributed by atoms with Crippen LogP contribution in [0.25, 0.3) is 0 Å². The molecule has 7 nitrogen and oxygen atoms in total. The van der Waals surface area contributed by atoms with Gasteiger partial charge in [0.2, 0.25) is 5.95 Å². The average Bonchev–Trinajstić information content (AvgIpc) is 2.85. The van der Waals surface area contributed by atoms with Gasteiger partial charge < -0.3 is 14.5 Å². The number of anilines is 2. The molecule has 0 aliphatic carbocycles. The Hall–Kier alpha value is -2.28. The van der Waals surface area contributed by atoms with Crippen molar-refractivity contribution in [3.63, 3.8) is 0 Å². The van der Waals surface area contributed by atoms with Gasteiger partial charge in [-0.1, -0.05) is 0 Å². The molecule has 2 aromatic rings. The molecule has 0 aromatic carbocycles. The first-order valence-electron chi connectivity index (χ1n) is 8.89. The maximum Gasteiger partial charge on any atom is 0.225 e. The van der Waals surface area contributed by atoms with Crippen molar-refractivity contribution in [2.75, 3.05) is 42.6 Å². The molecule has 2 aliphatic rings. The lowest BCUT2D eigenvalue weighted by Crippen LogP contribution is -2.47. The third kappa shape index (κ3) is 3.56. The van der Waals surface area contributed by atoms with E-state index in [1.54, 1.807) is 0 Å². The van der Waals surface area contributed by atoms with E-state index in [9.17, 15) is 0 Å². The second-order valence-electron chi connectivity index (χ2n) is 6.94. The van der Waals surface area contributed by atoms with Crippen LogP contribution in [-0.4, -0.2) is 59.1 Å². The normalized spacial score (nSPS) is 23.9. The van der Waals surface area contributed by atoms with Crippen LogP contribution in [0.5, 0.6) is 0 Å². The molecule has 0 unspecified atom stereocenters. The summed E-state index contributed by atoms with van der Waals surface area (Å²) in [7, 11) is 0. The second kappa shape index (κ2) is 6.92. The van der Waals surface area contributed by atoms with Crippen molar-refractivity contribution in [3.05, 3.63) is 35.8 Å². The zero-order valence-electron chi connectivity index (χ0n) is 14.8. The summed E-state index contributed by atoms with van der Waals surface area (Å²) in [5.41, 5.74) is 2.03. The lowest BCUT2D eigenvalue weighted by molar-refractivity contribution is 0.0249. The largest absolute Gasteiger partial charge is 0.374 e. The molecule has 0 radical (unpaired) electrons. The summed E-state index contributed by atoms with van der Waals surface area (Å²) in [6, 6.07) is 4.07. The van der Waals surface area contributed by atoms with Gasteiger partial charge in [-0.25, -0.2) is 9.97 Å². The molecule has 25 heavy (non-hydrogen) atoms. The van der Waals surface area contributed by atoms with Gasteiger partial charge in [-0.3, -0.25) is 0 Å². The SMILES string of the molecule is Cc1cnc(N2CC[C@@H]3CN(c4ccc(C)nn4)CCO[C@H]3C2)nc1. The summed E-state index contributed by atoms with van der Waals surface area (Å²) in [5.74, 6) is 2.24. The van der Waals surface area contributed by atoms with Gasteiger partial charge >= 0.3 is 0 Å². The van der Waals surface area contributed by atoms with Crippen LogP contribution in [-0.2, 0) is 4.74 Å². The van der Waals surface area contributed by atoms with Crippen LogP contribution in [0.2, 0.25) is 0 Å². The van der Waals surface area contributed by atoms with Gasteiger partial charge in [0.05, 0.1) is 18.4 Å². The van der Waals surface area contributed by atoms with Crippen LogP contribution in [0.4, 0.5) is 11.8 Å². The Kier molecular flexibility index (Phi) is 4.48. The molecule has 4 rings (SSSR count). The quantitative estimate of drug-likeness (QED) is 0.823. The summed E-state index contributed by atoms with van der Waals surface area (Å²) in [6.07, 6.45) is 5.03. The highest BCUT2D eigenvalue weighted by Crippen LogP contribution is 2.27. The molecule has 2 saturated heterocycles. The van der Waals surface area contributed by atoms with E-state index in [0.29, 0.717) is 12.5 Å².